The topological polar surface area (TPSA) is 29.5 Å². The van der Waals surface area contributed by atoms with E-state index in [0.29, 0.717) is 6.61 Å². The fourth-order valence-corrected chi connectivity index (χ4v) is 2.57. The SMILES string of the molecule is COCC(=C=C1CCCC[C@H]1O)c1ccccc1C. The zero-order valence-corrected chi connectivity index (χ0v) is 11.8. The van der Waals surface area contributed by atoms with Gasteiger partial charge in [-0.1, -0.05) is 30.7 Å². The van der Waals surface area contributed by atoms with E-state index < -0.39 is 0 Å². The molecule has 0 heterocycles. The Balaban J connectivity index is 2.45. The Morgan fingerprint density at radius 3 is 2.84 bits per heavy atom. The quantitative estimate of drug-likeness (QED) is 0.841. The number of hydrogen-bond donors (Lipinski definition) is 1. The van der Waals surface area contributed by atoms with Gasteiger partial charge in [0.15, 0.2) is 0 Å². The van der Waals surface area contributed by atoms with Gasteiger partial charge in [-0.15, -0.1) is 5.73 Å². The summed E-state index contributed by atoms with van der Waals surface area (Å²) in [5.74, 6) is 0. The Kier molecular flexibility index (Phi) is 4.98. The van der Waals surface area contributed by atoms with Crippen LogP contribution in [0.25, 0.3) is 5.57 Å². The minimum Gasteiger partial charge on any atom is -0.388 e. The van der Waals surface area contributed by atoms with Crippen molar-refractivity contribution >= 4 is 5.57 Å². The van der Waals surface area contributed by atoms with E-state index in [1.54, 1.807) is 7.11 Å². The second-order valence-electron chi connectivity index (χ2n) is 5.14. The average molecular weight is 258 g/mol. The molecule has 0 aliphatic heterocycles. The third-order valence-corrected chi connectivity index (χ3v) is 3.65. The summed E-state index contributed by atoms with van der Waals surface area (Å²) in [4.78, 5) is 0. The van der Waals surface area contributed by atoms with Crippen molar-refractivity contribution < 1.29 is 9.84 Å². The highest BCUT2D eigenvalue weighted by molar-refractivity contribution is 5.68. The van der Waals surface area contributed by atoms with Gasteiger partial charge >= 0.3 is 0 Å². The van der Waals surface area contributed by atoms with Crippen LogP contribution in [0.4, 0.5) is 0 Å². The molecule has 1 saturated carbocycles. The van der Waals surface area contributed by atoms with Crippen molar-refractivity contribution in [3.63, 3.8) is 0 Å². The Morgan fingerprint density at radius 2 is 2.16 bits per heavy atom. The molecule has 0 amide bonds. The molecule has 2 nitrogen and oxygen atoms in total. The van der Waals surface area contributed by atoms with Crippen LogP contribution >= 0.6 is 0 Å². The van der Waals surface area contributed by atoms with Crippen LogP contribution in [0, 0.1) is 6.92 Å². The molecule has 102 valence electrons. The highest BCUT2D eigenvalue weighted by Gasteiger charge is 2.16. The van der Waals surface area contributed by atoms with Gasteiger partial charge in [0.25, 0.3) is 0 Å². The van der Waals surface area contributed by atoms with Gasteiger partial charge in [-0.3, -0.25) is 0 Å². The second kappa shape index (κ2) is 6.72. The van der Waals surface area contributed by atoms with E-state index in [9.17, 15) is 5.11 Å². The zero-order chi connectivity index (χ0) is 13.7. The van der Waals surface area contributed by atoms with Gasteiger partial charge in [-0.05, 0) is 37.3 Å². The van der Waals surface area contributed by atoms with Gasteiger partial charge in [-0.25, -0.2) is 0 Å². The van der Waals surface area contributed by atoms with Crippen LogP contribution in [0.3, 0.4) is 0 Å². The fraction of sp³-hybridized carbons (Fsp3) is 0.471. The van der Waals surface area contributed by atoms with Crippen LogP contribution in [0.1, 0.15) is 36.8 Å². The van der Waals surface area contributed by atoms with Gasteiger partial charge in [0.1, 0.15) is 0 Å². The van der Waals surface area contributed by atoms with Crippen molar-refractivity contribution in [2.45, 2.75) is 38.7 Å². The first-order chi connectivity index (χ1) is 9.22. The van der Waals surface area contributed by atoms with Crippen LogP contribution in [-0.2, 0) is 4.74 Å². The summed E-state index contributed by atoms with van der Waals surface area (Å²) in [7, 11) is 1.70. The Hall–Kier alpha value is -1.34. The van der Waals surface area contributed by atoms with Crippen molar-refractivity contribution in [2.75, 3.05) is 13.7 Å². The third kappa shape index (κ3) is 3.57. The molecular weight excluding hydrogens is 236 g/mol. The molecule has 1 N–H and O–H groups in total. The molecule has 0 aromatic heterocycles. The zero-order valence-electron chi connectivity index (χ0n) is 11.8. The van der Waals surface area contributed by atoms with E-state index >= 15 is 0 Å². The summed E-state index contributed by atoms with van der Waals surface area (Å²) in [6, 6.07) is 8.24. The van der Waals surface area contributed by atoms with E-state index in [4.69, 9.17) is 4.74 Å². The summed E-state index contributed by atoms with van der Waals surface area (Å²) < 4.78 is 5.30. The lowest BCUT2D eigenvalue weighted by molar-refractivity contribution is 0.179. The maximum absolute atomic E-state index is 10.0. The molecule has 0 spiro atoms. The lowest BCUT2D eigenvalue weighted by Crippen LogP contribution is -2.14. The Bertz CT molecular complexity index is 496. The second-order valence-corrected chi connectivity index (χ2v) is 5.14. The normalized spacial score (nSPS) is 19.1. The van der Waals surface area contributed by atoms with Gasteiger partial charge in [0.2, 0.25) is 0 Å². The van der Waals surface area contributed by atoms with E-state index in [1.807, 2.05) is 12.1 Å². The number of hydrogen-bond acceptors (Lipinski definition) is 2. The molecule has 1 aliphatic carbocycles. The number of rotatable bonds is 3. The average Bonchev–Trinajstić information content (AvgIpc) is 2.41. The first-order valence-electron chi connectivity index (χ1n) is 6.94. The van der Waals surface area contributed by atoms with Crippen molar-refractivity contribution in [2.24, 2.45) is 0 Å². The lowest BCUT2D eigenvalue weighted by atomic mass is 9.91. The van der Waals surface area contributed by atoms with E-state index in [1.165, 1.54) is 5.56 Å². The monoisotopic (exact) mass is 258 g/mol. The number of benzene rings is 1. The maximum atomic E-state index is 10.0. The highest BCUT2D eigenvalue weighted by atomic mass is 16.5. The molecule has 1 fully saturated rings. The molecule has 0 saturated heterocycles. The van der Waals surface area contributed by atoms with Crippen LogP contribution in [0.15, 0.2) is 35.6 Å². The van der Waals surface area contributed by atoms with Crippen molar-refractivity contribution in [3.05, 3.63) is 46.7 Å². The predicted octanol–water partition coefficient (Wildman–Crippen LogP) is 3.49. The van der Waals surface area contributed by atoms with Crippen LogP contribution in [-0.4, -0.2) is 24.9 Å². The predicted molar refractivity (Wildman–Crippen MR) is 78.0 cm³/mol. The molecule has 1 aromatic carbocycles. The standard InChI is InChI=1S/C17H22O2/c1-13-7-3-5-9-16(13)15(12-19-2)11-14-8-4-6-10-17(14)18/h3,5,7,9,17-18H,4,6,8,10,12H2,1-2H3/t11?,17-/m1/s1. The maximum Gasteiger partial charge on any atom is 0.0823 e. The van der Waals surface area contributed by atoms with E-state index in [0.717, 1.165) is 42.4 Å². The van der Waals surface area contributed by atoms with Gasteiger partial charge < -0.3 is 9.84 Å². The summed E-state index contributed by atoms with van der Waals surface area (Å²) >= 11 is 0. The molecule has 0 radical (unpaired) electrons. The lowest BCUT2D eigenvalue weighted by Gasteiger charge is -2.19. The van der Waals surface area contributed by atoms with Crippen molar-refractivity contribution in [1.82, 2.24) is 0 Å². The van der Waals surface area contributed by atoms with Crippen LogP contribution in [0.5, 0.6) is 0 Å². The number of aryl methyl sites for hydroxylation is 1. The van der Waals surface area contributed by atoms with Crippen LogP contribution in [0.2, 0.25) is 0 Å². The molecule has 0 unspecified atom stereocenters. The van der Waals surface area contributed by atoms with E-state index in [2.05, 4.69) is 24.8 Å². The first-order valence-corrected chi connectivity index (χ1v) is 6.94. The number of methoxy groups -OCH3 is 1. The minimum absolute atomic E-state index is 0.329. The molecular formula is C17H22O2. The number of aliphatic hydroxyl groups excluding tert-OH is 1. The van der Waals surface area contributed by atoms with Gasteiger partial charge in [0.05, 0.1) is 12.7 Å². The number of ether oxygens (including phenoxy) is 1. The molecule has 1 aromatic rings. The molecule has 1 aliphatic rings. The van der Waals surface area contributed by atoms with Crippen LogP contribution < -0.4 is 0 Å². The van der Waals surface area contributed by atoms with Crippen molar-refractivity contribution in [3.8, 4) is 0 Å². The molecule has 2 heteroatoms. The summed E-state index contributed by atoms with van der Waals surface area (Å²) in [6.45, 7) is 2.62. The fourth-order valence-electron chi connectivity index (χ4n) is 2.57. The molecule has 2 rings (SSSR count). The molecule has 1 atom stereocenters. The van der Waals surface area contributed by atoms with Gasteiger partial charge in [0, 0.05) is 18.3 Å². The highest BCUT2D eigenvalue weighted by Crippen LogP contribution is 2.25. The summed E-state index contributed by atoms with van der Waals surface area (Å²) in [5, 5.41) is 10.0. The largest absolute Gasteiger partial charge is 0.388 e. The smallest absolute Gasteiger partial charge is 0.0823 e. The summed E-state index contributed by atoms with van der Waals surface area (Å²) in [5.41, 5.74) is 7.87. The first kappa shape index (κ1) is 14.1. The van der Waals surface area contributed by atoms with E-state index in [-0.39, 0.29) is 6.10 Å². The summed E-state index contributed by atoms with van der Waals surface area (Å²) in [6.07, 6.45) is 3.73. The third-order valence-electron chi connectivity index (χ3n) is 3.65. The molecule has 0 bridgehead atoms. The van der Waals surface area contributed by atoms with Crippen molar-refractivity contribution in [1.29, 1.82) is 0 Å². The molecule has 19 heavy (non-hydrogen) atoms. The number of aliphatic hydroxyl groups is 1. The Labute approximate surface area is 115 Å². The Morgan fingerprint density at radius 1 is 1.37 bits per heavy atom. The van der Waals surface area contributed by atoms with Gasteiger partial charge in [-0.2, -0.15) is 0 Å². The minimum atomic E-state index is -0.329.